The number of carbonyl (C=O) groups is 1. The monoisotopic (exact) mass is 501 g/mol. The molecular weight excluding hydrogens is 472 g/mol. The normalized spacial score (nSPS) is 11.7. The molecule has 0 aliphatic heterocycles. The van der Waals surface area contributed by atoms with Crippen LogP contribution in [0.25, 0.3) is 0 Å². The summed E-state index contributed by atoms with van der Waals surface area (Å²) in [5.74, 6) is -1.35. The maximum absolute atomic E-state index is 13.6. The van der Waals surface area contributed by atoms with Crippen molar-refractivity contribution in [3.8, 4) is 0 Å². The predicted molar refractivity (Wildman–Crippen MR) is 133 cm³/mol. The summed E-state index contributed by atoms with van der Waals surface area (Å²) in [5.41, 5.74) is 2.56. The number of sulfonamides is 1. The Morgan fingerprint density at radius 2 is 1.46 bits per heavy atom. The lowest BCUT2D eigenvalue weighted by Gasteiger charge is -2.26. The van der Waals surface area contributed by atoms with E-state index in [0.717, 1.165) is 17.8 Å². The number of hydrogen-bond acceptors (Lipinski definition) is 4. The maximum atomic E-state index is 13.6. The Hall–Kier alpha value is -3.30. The van der Waals surface area contributed by atoms with E-state index < -0.39 is 21.7 Å². The molecule has 0 bridgehead atoms. The Balaban J connectivity index is 2.05. The zero-order valence-electron chi connectivity index (χ0n) is 20.1. The molecule has 0 aliphatic carbocycles. The number of anilines is 2. The highest BCUT2D eigenvalue weighted by Crippen LogP contribution is 2.28. The van der Waals surface area contributed by atoms with E-state index in [2.05, 4.69) is 5.32 Å². The lowest BCUT2D eigenvalue weighted by molar-refractivity contribution is -0.118. The van der Waals surface area contributed by atoms with Crippen molar-refractivity contribution in [3.05, 3.63) is 89.5 Å². The fraction of sp³-hybridized carbons (Fsp3) is 0.269. The predicted octanol–water partition coefficient (Wildman–Crippen LogP) is 5.02. The second-order valence-electron chi connectivity index (χ2n) is 8.74. The van der Waals surface area contributed by atoms with Crippen molar-refractivity contribution in [3.63, 3.8) is 0 Å². The highest BCUT2D eigenvalue weighted by atomic mass is 32.2. The van der Waals surface area contributed by atoms with E-state index in [1.165, 1.54) is 40.7 Å². The molecule has 1 amide bonds. The minimum atomic E-state index is -4.05. The van der Waals surface area contributed by atoms with Crippen LogP contribution in [-0.4, -0.2) is 32.7 Å². The highest BCUT2D eigenvalue weighted by Gasteiger charge is 2.26. The standard InChI is InChI=1S/C26H29F2N3O3S/c1-18(2)26(32)29-23-11-14-25(30(3)4)20(15-23)17-31(16-19-5-7-21(27)8-6-19)35(33,34)24-12-9-22(28)10-13-24/h5-15,18H,16-17H2,1-4H3,(H,29,32). The van der Waals surface area contributed by atoms with Gasteiger partial charge in [-0.3, -0.25) is 4.79 Å². The van der Waals surface area contributed by atoms with Crippen LogP contribution < -0.4 is 10.2 Å². The van der Waals surface area contributed by atoms with Crippen LogP contribution in [0.2, 0.25) is 0 Å². The van der Waals surface area contributed by atoms with E-state index in [9.17, 15) is 22.0 Å². The first-order valence-electron chi connectivity index (χ1n) is 11.1. The van der Waals surface area contributed by atoms with Crippen LogP contribution in [0.4, 0.5) is 20.2 Å². The van der Waals surface area contributed by atoms with Gasteiger partial charge in [-0.05, 0) is 65.7 Å². The molecule has 0 saturated heterocycles. The molecule has 3 rings (SSSR count). The summed E-state index contributed by atoms with van der Waals surface area (Å²) >= 11 is 0. The Morgan fingerprint density at radius 3 is 2.00 bits per heavy atom. The summed E-state index contributed by atoms with van der Waals surface area (Å²) in [7, 11) is -0.375. The molecule has 0 radical (unpaired) electrons. The van der Waals surface area contributed by atoms with E-state index in [1.807, 2.05) is 25.1 Å². The third-order valence-corrected chi connectivity index (χ3v) is 7.23. The fourth-order valence-corrected chi connectivity index (χ4v) is 4.88. The first kappa shape index (κ1) is 26.3. The second-order valence-corrected chi connectivity index (χ2v) is 10.7. The topological polar surface area (TPSA) is 69.7 Å². The third-order valence-electron chi connectivity index (χ3n) is 5.42. The van der Waals surface area contributed by atoms with Gasteiger partial charge in [-0.15, -0.1) is 0 Å². The first-order valence-corrected chi connectivity index (χ1v) is 12.5. The minimum Gasteiger partial charge on any atom is -0.377 e. The van der Waals surface area contributed by atoms with E-state index >= 15 is 0 Å². The molecule has 0 atom stereocenters. The van der Waals surface area contributed by atoms with Crippen LogP contribution >= 0.6 is 0 Å². The lowest BCUT2D eigenvalue weighted by Crippen LogP contribution is -2.31. The Kier molecular flexibility index (Phi) is 8.24. The number of rotatable bonds is 9. The van der Waals surface area contributed by atoms with Gasteiger partial charge in [0.2, 0.25) is 15.9 Å². The molecule has 186 valence electrons. The molecule has 0 aromatic heterocycles. The van der Waals surface area contributed by atoms with Crippen molar-refractivity contribution in [1.82, 2.24) is 4.31 Å². The largest absolute Gasteiger partial charge is 0.377 e. The number of halogens is 2. The van der Waals surface area contributed by atoms with Crippen molar-refractivity contribution in [2.45, 2.75) is 31.8 Å². The Morgan fingerprint density at radius 1 is 0.886 bits per heavy atom. The van der Waals surface area contributed by atoms with Gasteiger partial charge in [-0.25, -0.2) is 17.2 Å². The van der Waals surface area contributed by atoms with Gasteiger partial charge in [-0.1, -0.05) is 26.0 Å². The van der Waals surface area contributed by atoms with Gasteiger partial charge in [0.15, 0.2) is 0 Å². The zero-order chi connectivity index (χ0) is 25.8. The maximum Gasteiger partial charge on any atom is 0.243 e. The molecule has 0 unspecified atom stereocenters. The van der Waals surface area contributed by atoms with Gasteiger partial charge in [0, 0.05) is 44.5 Å². The summed E-state index contributed by atoms with van der Waals surface area (Å²) in [4.78, 5) is 14.0. The van der Waals surface area contributed by atoms with Crippen LogP contribution in [0.1, 0.15) is 25.0 Å². The van der Waals surface area contributed by atoms with Crippen LogP contribution in [0.3, 0.4) is 0 Å². The van der Waals surface area contributed by atoms with Crippen molar-refractivity contribution in [2.75, 3.05) is 24.3 Å². The summed E-state index contributed by atoms with van der Waals surface area (Å²) < 4.78 is 55.4. The molecule has 0 aliphatic rings. The Labute approximate surface area is 205 Å². The molecule has 0 spiro atoms. The van der Waals surface area contributed by atoms with Crippen LogP contribution in [-0.2, 0) is 27.9 Å². The van der Waals surface area contributed by atoms with E-state index in [0.29, 0.717) is 16.8 Å². The summed E-state index contributed by atoms with van der Waals surface area (Å²) in [5, 5.41) is 2.84. The molecule has 1 N–H and O–H groups in total. The molecule has 0 heterocycles. The lowest BCUT2D eigenvalue weighted by atomic mass is 10.1. The van der Waals surface area contributed by atoms with Crippen LogP contribution in [0.15, 0.2) is 71.6 Å². The van der Waals surface area contributed by atoms with Gasteiger partial charge in [0.1, 0.15) is 11.6 Å². The fourth-order valence-electron chi connectivity index (χ4n) is 3.48. The SMILES string of the molecule is CC(C)C(=O)Nc1ccc(N(C)C)c(CN(Cc2ccc(F)cc2)S(=O)(=O)c2ccc(F)cc2)c1. The molecule has 6 nitrogen and oxygen atoms in total. The molecule has 3 aromatic carbocycles. The molecule has 3 aromatic rings. The quantitative estimate of drug-likeness (QED) is 0.447. The average molecular weight is 502 g/mol. The Bertz CT molecular complexity index is 1280. The third kappa shape index (κ3) is 6.64. The second kappa shape index (κ2) is 11.0. The summed E-state index contributed by atoms with van der Waals surface area (Å²) in [6.45, 7) is 3.50. The average Bonchev–Trinajstić information content (AvgIpc) is 2.80. The number of amides is 1. The first-order chi connectivity index (χ1) is 16.5. The summed E-state index contributed by atoms with van der Waals surface area (Å²) in [6, 6.07) is 15.5. The molecule has 0 fully saturated rings. The van der Waals surface area contributed by atoms with Gasteiger partial charge in [0.25, 0.3) is 0 Å². The van der Waals surface area contributed by atoms with Crippen molar-refractivity contribution >= 4 is 27.3 Å². The molecular formula is C26H29F2N3O3S. The number of carbonyl (C=O) groups excluding carboxylic acids is 1. The number of hydrogen-bond donors (Lipinski definition) is 1. The number of nitrogens with zero attached hydrogens (tertiary/aromatic N) is 2. The van der Waals surface area contributed by atoms with Crippen LogP contribution in [0, 0.1) is 17.6 Å². The molecule has 35 heavy (non-hydrogen) atoms. The number of nitrogens with one attached hydrogen (secondary N) is 1. The molecule has 0 saturated carbocycles. The highest BCUT2D eigenvalue weighted by molar-refractivity contribution is 7.89. The van der Waals surface area contributed by atoms with Crippen molar-refractivity contribution in [2.24, 2.45) is 5.92 Å². The molecule has 9 heteroatoms. The van der Waals surface area contributed by atoms with E-state index in [-0.39, 0.29) is 29.8 Å². The summed E-state index contributed by atoms with van der Waals surface area (Å²) in [6.07, 6.45) is 0. The smallest absolute Gasteiger partial charge is 0.243 e. The van der Waals surface area contributed by atoms with Gasteiger partial charge < -0.3 is 10.2 Å². The van der Waals surface area contributed by atoms with E-state index in [1.54, 1.807) is 26.0 Å². The van der Waals surface area contributed by atoms with E-state index in [4.69, 9.17) is 0 Å². The van der Waals surface area contributed by atoms with Gasteiger partial charge >= 0.3 is 0 Å². The zero-order valence-corrected chi connectivity index (χ0v) is 20.9. The van der Waals surface area contributed by atoms with Crippen molar-refractivity contribution < 1.29 is 22.0 Å². The number of benzene rings is 3. The van der Waals surface area contributed by atoms with Crippen LogP contribution in [0.5, 0.6) is 0 Å². The minimum absolute atomic E-state index is 0.0318. The van der Waals surface area contributed by atoms with Gasteiger partial charge in [-0.2, -0.15) is 4.31 Å². The van der Waals surface area contributed by atoms with Crippen molar-refractivity contribution in [1.29, 1.82) is 0 Å². The van der Waals surface area contributed by atoms with Gasteiger partial charge in [0.05, 0.1) is 4.90 Å².